The number of nitrogens with one attached hydrogen (secondary N) is 1. The number of amides is 1. The molecule has 1 aliphatic carbocycles. The normalized spacial score (nSPS) is 19.3. The maximum Gasteiger partial charge on any atom is 0.416 e. The van der Waals surface area contributed by atoms with Crippen molar-refractivity contribution in [2.45, 2.75) is 41.1 Å². The van der Waals surface area contributed by atoms with Gasteiger partial charge in [0.05, 0.1) is 38.6 Å². The van der Waals surface area contributed by atoms with Crippen LogP contribution in [0.25, 0.3) is 0 Å². The summed E-state index contributed by atoms with van der Waals surface area (Å²) in [7, 11) is -7.15. The molecule has 0 heterocycles. The number of sulfonamides is 2. The van der Waals surface area contributed by atoms with Gasteiger partial charge < -0.3 is 10.4 Å². The van der Waals surface area contributed by atoms with Crippen molar-refractivity contribution in [2.24, 2.45) is 17.0 Å². The van der Waals surface area contributed by atoms with Crippen LogP contribution in [0.4, 0.5) is 28.9 Å². The molecule has 1 fully saturated rings. The highest BCUT2D eigenvalue weighted by Gasteiger charge is 2.43. The number of alkyl halides is 3. The minimum Gasteiger partial charge on any atom is -0.481 e. The number of benzene rings is 3. The smallest absolute Gasteiger partial charge is 0.416 e. The van der Waals surface area contributed by atoms with Crippen LogP contribution in [0.2, 0.25) is 0 Å². The van der Waals surface area contributed by atoms with Crippen LogP contribution in [0.3, 0.4) is 0 Å². The van der Waals surface area contributed by atoms with Crippen LogP contribution in [-0.2, 0) is 35.8 Å². The summed E-state index contributed by atoms with van der Waals surface area (Å²) in [5, 5.41) is 17.4. The molecule has 0 radical (unpaired) electrons. The van der Waals surface area contributed by atoms with Gasteiger partial charge in [-0.3, -0.25) is 13.9 Å². The second-order valence-electron chi connectivity index (χ2n) is 10.3. The third-order valence-electron chi connectivity index (χ3n) is 7.55. The Labute approximate surface area is 250 Å². The lowest BCUT2D eigenvalue weighted by atomic mass is 9.69. The Kier molecular flexibility index (Phi) is 9.09. The van der Waals surface area contributed by atoms with Gasteiger partial charge >= 0.3 is 12.1 Å². The van der Waals surface area contributed by atoms with E-state index in [-0.39, 0.29) is 28.0 Å². The number of nitrogens with zero attached hydrogens (tertiary/aromatic N) is 1. The fraction of sp³-hybridized carbons (Fsp3) is 0.286. The SMILES string of the molecule is CN(c1ccc([C@H]2CCC[C@@H](C(=O)Nc3ccc(C(F)(F)F)cc3F)[C@@H]2C(=O)O)cc1)S(=O)(=O)c1cccc(S(N)(=O)=O)c1. The molecule has 4 N–H and O–H groups in total. The number of anilines is 2. The van der Waals surface area contributed by atoms with Gasteiger partial charge in [-0.2, -0.15) is 13.2 Å². The fourth-order valence-corrected chi connectivity index (χ4v) is 7.14. The summed E-state index contributed by atoms with van der Waals surface area (Å²) < 4.78 is 104. The van der Waals surface area contributed by atoms with E-state index in [0.29, 0.717) is 24.5 Å². The molecule has 0 bridgehead atoms. The minimum absolute atomic E-state index is 0.137. The number of carbonyl (C=O) groups is 2. The van der Waals surface area contributed by atoms with E-state index < -0.39 is 72.9 Å². The molecule has 0 aromatic heterocycles. The van der Waals surface area contributed by atoms with Gasteiger partial charge in [0.25, 0.3) is 10.0 Å². The van der Waals surface area contributed by atoms with Crippen molar-refractivity contribution in [3.8, 4) is 0 Å². The highest BCUT2D eigenvalue weighted by molar-refractivity contribution is 7.93. The molecular weight excluding hydrogens is 630 g/mol. The molecule has 3 aromatic rings. The first-order valence-corrected chi connectivity index (χ1v) is 16.0. The Morgan fingerprint density at radius 2 is 1.59 bits per heavy atom. The number of carboxylic acids is 1. The third kappa shape index (κ3) is 6.87. The zero-order valence-electron chi connectivity index (χ0n) is 23.0. The van der Waals surface area contributed by atoms with Crippen LogP contribution in [0.1, 0.15) is 36.3 Å². The first-order valence-electron chi connectivity index (χ1n) is 13.0. The van der Waals surface area contributed by atoms with Gasteiger partial charge in [-0.05, 0) is 72.9 Å². The topological polar surface area (TPSA) is 164 Å². The standard InChI is InChI=1S/C28H27F4N3O7S2/c1-35(44(41,42)20-5-2-4-19(15-20)43(33,39)40)18-11-8-16(9-12-18)21-6-3-7-22(25(21)27(37)38)26(36)34-24-13-10-17(14-23(24)29)28(30,31)32/h2,4-5,8-15,21-22,25H,3,6-7H2,1H3,(H,34,36)(H,37,38)(H2,33,39,40)/t21-,22-,25-/m1/s1. The summed E-state index contributed by atoms with van der Waals surface area (Å²) >= 11 is 0. The van der Waals surface area contributed by atoms with Crippen molar-refractivity contribution >= 4 is 43.3 Å². The number of nitrogens with two attached hydrogens (primary N) is 1. The van der Waals surface area contributed by atoms with Crippen molar-refractivity contribution in [3.05, 3.63) is 83.7 Å². The van der Waals surface area contributed by atoms with Crippen LogP contribution in [0.15, 0.2) is 76.5 Å². The van der Waals surface area contributed by atoms with E-state index in [1.165, 1.54) is 43.4 Å². The highest BCUT2D eigenvalue weighted by Crippen LogP contribution is 2.43. The van der Waals surface area contributed by atoms with E-state index in [0.717, 1.165) is 22.5 Å². The third-order valence-corrected chi connectivity index (χ3v) is 10.2. The summed E-state index contributed by atoms with van der Waals surface area (Å²) in [6.45, 7) is 0. The van der Waals surface area contributed by atoms with Crippen LogP contribution < -0.4 is 14.8 Å². The number of carboxylic acid groups (broad SMARTS) is 1. The number of primary sulfonamides is 1. The van der Waals surface area contributed by atoms with Crippen LogP contribution >= 0.6 is 0 Å². The first kappa shape index (κ1) is 32.9. The predicted molar refractivity (Wildman–Crippen MR) is 151 cm³/mol. The molecule has 4 rings (SSSR count). The zero-order chi connectivity index (χ0) is 32.6. The van der Waals surface area contributed by atoms with Crippen molar-refractivity contribution in [3.63, 3.8) is 0 Å². The molecule has 1 saturated carbocycles. The number of carbonyl (C=O) groups excluding carboxylic acids is 1. The van der Waals surface area contributed by atoms with Crippen LogP contribution in [0, 0.1) is 17.7 Å². The van der Waals surface area contributed by atoms with E-state index in [1.807, 2.05) is 0 Å². The average Bonchev–Trinajstić information content (AvgIpc) is 2.96. The van der Waals surface area contributed by atoms with Gasteiger partial charge in [0.1, 0.15) is 5.82 Å². The van der Waals surface area contributed by atoms with Gasteiger partial charge in [-0.1, -0.05) is 24.6 Å². The zero-order valence-corrected chi connectivity index (χ0v) is 24.6. The fourth-order valence-electron chi connectivity index (χ4n) is 5.27. The minimum atomic E-state index is -4.79. The number of halogens is 4. The lowest BCUT2D eigenvalue weighted by molar-refractivity contribution is -0.148. The van der Waals surface area contributed by atoms with Gasteiger partial charge in [-0.25, -0.2) is 26.4 Å². The molecule has 3 atom stereocenters. The molecule has 3 aromatic carbocycles. The summed E-state index contributed by atoms with van der Waals surface area (Å²) in [5.41, 5.74) is -1.10. The van der Waals surface area contributed by atoms with Crippen molar-refractivity contribution in [2.75, 3.05) is 16.7 Å². The Morgan fingerprint density at radius 3 is 2.16 bits per heavy atom. The molecular formula is C28H27F4N3O7S2. The van der Waals surface area contributed by atoms with Crippen molar-refractivity contribution in [1.29, 1.82) is 0 Å². The number of hydrogen-bond acceptors (Lipinski definition) is 6. The van der Waals surface area contributed by atoms with Gasteiger partial charge in [0.2, 0.25) is 15.9 Å². The Morgan fingerprint density at radius 1 is 0.955 bits per heavy atom. The van der Waals surface area contributed by atoms with Crippen molar-refractivity contribution < 1.29 is 49.1 Å². The molecule has 0 saturated heterocycles. The number of rotatable bonds is 8. The van der Waals surface area contributed by atoms with Crippen LogP contribution in [-0.4, -0.2) is 40.9 Å². The van der Waals surface area contributed by atoms with Crippen molar-refractivity contribution in [1.82, 2.24) is 0 Å². The van der Waals surface area contributed by atoms with E-state index in [1.54, 1.807) is 0 Å². The predicted octanol–water partition coefficient (Wildman–Crippen LogP) is 4.54. The molecule has 44 heavy (non-hydrogen) atoms. The highest BCUT2D eigenvalue weighted by atomic mass is 32.2. The van der Waals surface area contributed by atoms with Crippen LogP contribution in [0.5, 0.6) is 0 Å². The quantitative estimate of drug-likeness (QED) is 0.300. The van der Waals surface area contributed by atoms with Gasteiger partial charge in [0, 0.05) is 7.05 Å². The Bertz CT molecular complexity index is 1800. The lowest BCUT2D eigenvalue weighted by Gasteiger charge is -2.35. The van der Waals surface area contributed by atoms with E-state index in [9.17, 15) is 49.1 Å². The van der Waals surface area contributed by atoms with E-state index >= 15 is 0 Å². The van der Waals surface area contributed by atoms with Gasteiger partial charge in [-0.15, -0.1) is 0 Å². The second kappa shape index (κ2) is 12.2. The monoisotopic (exact) mass is 657 g/mol. The molecule has 0 unspecified atom stereocenters. The maximum absolute atomic E-state index is 14.4. The first-order chi connectivity index (χ1) is 20.4. The molecule has 0 spiro atoms. The average molecular weight is 658 g/mol. The summed E-state index contributed by atoms with van der Waals surface area (Å²) in [5.74, 6) is -6.59. The lowest BCUT2D eigenvalue weighted by Crippen LogP contribution is -2.40. The van der Waals surface area contributed by atoms with Gasteiger partial charge in [0.15, 0.2) is 0 Å². The molecule has 16 heteroatoms. The summed E-state index contributed by atoms with van der Waals surface area (Å²) in [4.78, 5) is 24.7. The largest absolute Gasteiger partial charge is 0.481 e. The number of hydrogen-bond donors (Lipinski definition) is 3. The molecule has 0 aliphatic heterocycles. The number of aliphatic carboxylic acids is 1. The Hall–Kier alpha value is -4.02. The second-order valence-corrected chi connectivity index (χ2v) is 13.8. The maximum atomic E-state index is 14.4. The molecule has 1 aliphatic rings. The summed E-state index contributed by atoms with van der Waals surface area (Å²) in [6, 6.07) is 12.0. The van der Waals surface area contributed by atoms with E-state index in [4.69, 9.17) is 5.14 Å². The van der Waals surface area contributed by atoms with E-state index in [2.05, 4.69) is 5.32 Å². The Balaban J connectivity index is 1.56. The molecule has 236 valence electrons. The molecule has 1 amide bonds. The molecule has 10 nitrogen and oxygen atoms in total. The summed E-state index contributed by atoms with van der Waals surface area (Å²) in [6.07, 6.45) is -3.87.